The number of thiophene rings is 1. The zero-order chi connectivity index (χ0) is 19.7. The van der Waals surface area contributed by atoms with Crippen molar-refractivity contribution in [3.63, 3.8) is 0 Å². The molecule has 1 amide bonds. The average molecular weight is 411 g/mol. The molecule has 150 valence electrons. The van der Waals surface area contributed by atoms with E-state index in [1.807, 2.05) is 35.0 Å². The molecule has 1 atom stereocenters. The fourth-order valence-corrected chi connectivity index (χ4v) is 4.57. The van der Waals surface area contributed by atoms with Crippen molar-refractivity contribution >= 4 is 17.2 Å². The van der Waals surface area contributed by atoms with E-state index in [4.69, 9.17) is 14.0 Å². The molecule has 3 heterocycles. The highest BCUT2D eigenvalue weighted by atomic mass is 32.1. The summed E-state index contributed by atoms with van der Waals surface area (Å²) < 4.78 is 17.2. The molecule has 8 heteroatoms. The molecular formula is C21H21N3O4S. The van der Waals surface area contributed by atoms with Crippen LogP contribution in [-0.2, 0) is 10.3 Å². The fraction of sp³-hybridized carbons (Fsp3) is 0.381. The number of hydrogen-bond donors (Lipinski definition) is 1. The molecule has 1 N–H and O–H groups in total. The van der Waals surface area contributed by atoms with E-state index >= 15 is 0 Å². The van der Waals surface area contributed by atoms with E-state index in [1.165, 1.54) is 0 Å². The number of carbonyl (C=O) groups is 1. The standard InChI is InChI=1S/C21H21N3O4S/c25-19(17-12-26-15-6-2-3-7-16(15)27-17)23-21(9-4-1-5-10-21)20-22-18(24-28-20)14-8-11-29-13-14/h2-3,6-8,11,13,17H,1,4-5,9-10,12H2,(H,23,25)/t17-/m0/s1. The van der Waals surface area contributed by atoms with Gasteiger partial charge in [-0.3, -0.25) is 4.79 Å². The molecule has 0 saturated heterocycles. The third-order valence-corrected chi connectivity index (χ3v) is 6.17. The quantitative estimate of drug-likeness (QED) is 0.700. The van der Waals surface area contributed by atoms with Gasteiger partial charge in [0, 0.05) is 10.9 Å². The Kier molecular flexibility index (Phi) is 4.71. The van der Waals surface area contributed by atoms with Crippen LogP contribution in [0, 0.1) is 0 Å². The van der Waals surface area contributed by atoms with Crippen LogP contribution in [0.5, 0.6) is 11.5 Å². The smallest absolute Gasteiger partial charge is 0.265 e. The number of carbonyl (C=O) groups excluding carboxylic acids is 1. The maximum Gasteiger partial charge on any atom is 0.265 e. The third kappa shape index (κ3) is 3.48. The van der Waals surface area contributed by atoms with Crippen LogP contribution in [-0.4, -0.2) is 28.8 Å². The van der Waals surface area contributed by atoms with Gasteiger partial charge in [-0.1, -0.05) is 36.6 Å². The summed E-state index contributed by atoms with van der Waals surface area (Å²) in [6, 6.07) is 9.32. The Morgan fingerprint density at radius 2 is 1.97 bits per heavy atom. The lowest BCUT2D eigenvalue weighted by molar-refractivity contribution is -0.133. The van der Waals surface area contributed by atoms with Crippen LogP contribution in [0.15, 0.2) is 45.6 Å². The third-order valence-electron chi connectivity index (χ3n) is 5.49. The van der Waals surface area contributed by atoms with Gasteiger partial charge in [-0.25, -0.2) is 0 Å². The van der Waals surface area contributed by atoms with E-state index < -0.39 is 11.6 Å². The van der Waals surface area contributed by atoms with Gasteiger partial charge in [0.1, 0.15) is 12.1 Å². The second-order valence-corrected chi connectivity index (χ2v) is 8.21. The van der Waals surface area contributed by atoms with Crippen molar-refractivity contribution in [2.45, 2.75) is 43.7 Å². The molecule has 1 saturated carbocycles. The number of amides is 1. The normalized spacial score (nSPS) is 20.2. The van der Waals surface area contributed by atoms with E-state index in [9.17, 15) is 4.79 Å². The Hall–Kier alpha value is -2.87. The lowest BCUT2D eigenvalue weighted by Crippen LogP contribution is -2.53. The molecule has 2 aliphatic rings. The fourth-order valence-electron chi connectivity index (χ4n) is 3.94. The number of fused-ring (bicyclic) bond motifs is 1. The Balaban J connectivity index is 1.38. The van der Waals surface area contributed by atoms with Gasteiger partial charge in [-0.2, -0.15) is 16.3 Å². The number of aromatic nitrogens is 2. The highest BCUT2D eigenvalue weighted by Gasteiger charge is 2.43. The second-order valence-electron chi connectivity index (χ2n) is 7.43. The van der Waals surface area contributed by atoms with Crippen molar-refractivity contribution in [1.29, 1.82) is 0 Å². The largest absolute Gasteiger partial charge is 0.485 e. The van der Waals surface area contributed by atoms with Gasteiger partial charge < -0.3 is 19.3 Å². The molecule has 3 aromatic rings. The summed E-state index contributed by atoms with van der Waals surface area (Å²) >= 11 is 1.58. The highest BCUT2D eigenvalue weighted by Crippen LogP contribution is 2.38. The summed E-state index contributed by atoms with van der Waals surface area (Å²) in [6.07, 6.45) is 3.90. The Morgan fingerprint density at radius 3 is 2.76 bits per heavy atom. The van der Waals surface area contributed by atoms with Crippen molar-refractivity contribution in [3.05, 3.63) is 47.0 Å². The molecular weight excluding hydrogens is 390 g/mol. The highest BCUT2D eigenvalue weighted by molar-refractivity contribution is 7.08. The number of benzene rings is 1. The molecule has 0 bridgehead atoms. The summed E-state index contributed by atoms with van der Waals surface area (Å²) in [5, 5.41) is 11.3. The number of nitrogens with zero attached hydrogens (tertiary/aromatic N) is 2. The zero-order valence-electron chi connectivity index (χ0n) is 15.8. The number of nitrogens with one attached hydrogen (secondary N) is 1. The van der Waals surface area contributed by atoms with E-state index in [0.717, 1.165) is 37.7 Å². The first-order valence-electron chi connectivity index (χ1n) is 9.81. The van der Waals surface area contributed by atoms with Crippen LogP contribution in [0.25, 0.3) is 11.4 Å². The predicted octanol–water partition coefficient (Wildman–Crippen LogP) is 3.91. The van der Waals surface area contributed by atoms with Crippen molar-refractivity contribution in [2.24, 2.45) is 0 Å². The van der Waals surface area contributed by atoms with Crippen LogP contribution < -0.4 is 14.8 Å². The predicted molar refractivity (Wildman–Crippen MR) is 107 cm³/mol. The van der Waals surface area contributed by atoms with E-state index in [2.05, 4.69) is 15.5 Å². The Morgan fingerprint density at radius 1 is 1.14 bits per heavy atom. The zero-order valence-corrected chi connectivity index (χ0v) is 16.6. The maximum absolute atomic E-state index is 13.1. The molecule has 29 heavy (non-hydrogen) atoms. The molecule has 1 aliphatic carbocycles. The summed E-state index contributed by atoms with van der Waals surface area (Å²) in [6.45, 7) is 0.170. The van der Waals surface area contributed by atoms with Crippen molar-refractivity contribution in [1.82, 2.24) is 15.5 Å². The number of hydrogen-bond acceptors (Lipinski definition) is 7. The van der Waals surface area contributed by atoms with Gasteiger partial charge in [-0.15, -0.1) is 0 Å². The first-order chi connectivity index (χ1) is 14.2. The SMILES string of the molecule is O=C(NC1(c2nc(-c3ccsc3)no2)CCCCC1)[C@@H]1COc2ccccc2O1. The van der Waals surface area contributed by atoms with Crippen LogP contribution in [0.2, 0.25) is 0 Å². The Bertz CT molecular complexity index is 995. The maximum atomic E-state index is 13.1. The summed E-state index contributed by atoms with van der Waals surface area (Å²) in [4.78, 5) is 17.7. The molecule has 0 radical (unpaired) electrons. The minimum atomic E-state index is -0.719. The van der Waals surface area contributed by atoms with Gasteiger partial charge >= 0.3 is 0 Å². The summed E-state index contributed by atoms with van der Waals surface area (Å²) in [5.41, 5.74) is 0.250. The Labute approximate surface area is 172 Å². The van der Waals surface area contributed by atoms with Crippen LogP contribution in [0.4, 0.5) is 0 Å². The van der Waals surface area contributed by atoms with Crippen LogP contribution in [0.3, 0.4) is 0 Å². The van der Waals surface area contributed by atoms with Crippen molar-refractivity contribution in [2.75, 3.05) is 6.61 Å². The molecule has 1 aromatic carbocycles. The summed E-state index contributed by atoms with van der Waals surface area (Å²) in [7, 11) is 0. The average Bonchev–Trinajstić information content (AvgIpc) is 3.46. The van der Waals surface area contributed by atoms with Gasteiger partial charge in [0.2, 0.25) is 11.9 Å². The van der Waals surface area contributed by atoms with Crippen LogP contribution >= 0.6 is 11.3 Å². The molecule has 2 aromatic heterocycles. The first kappa shape index (κ1) is 18.2. The van der Waals surface area contributed by atoms with Crippen molar-refractivity contribution in [3.8, 4) is 22.9 Å². The minimum absolute atomic E-state index is 0.170. The summed E-state index contributed by atoms with van der Waals surface area (Å²) in [5.74, 6) is 2.02. The monoisotopic (exact) mass is 411 g/mol. The lowest BCUT2D eigenvalue weighted by atomic mass is 9.81. The molecule has 5 rings (SSSR count). The second kappa shape index (κ2) is 7.51. The molecule has 0 unspecified atom stereocenters. The van der Waals surface area contributed by atoms with E-state index in [1.54, 1.807) is 17.4 Å². The minimum Gasteiger partial charge on any atom is -0.485 e. The topological polar surface area (TPSA) is 86.5 Å². The van der Waals surface area contributed by atoms with Gasteiger partial charge in [-0.05, 0) is 36.4 Å². The van der Waals surface area contributed by atoms with E-state index in [0.29, 0.717) is 23.2 Å². The van der Waals surface area contributed by atoms with Crippen LogP contribution in [0.1, 0.15) is 38.0 Å². The molecule has 0 spiro atoms. The molecule has 7 nitrogen and oxygen atoms in total. The number of para-hydroxylation sites is 2. The number of rotatable bonds is 4. The molecule has 1 fully saturated rings. The number of ether oxygens (including phenoxy) is 2. The molecule has 1 aliphatic heterocycles. The van der Waals surface area contributed by atoms with E-state index in [-0.39, 0.29) is 12.5 Å². The van der Waals surface area contributed by atoms with Gasteiger partial charge in [0.05, 0.1) is 0 Å². The lowest BCUT2D eigenvalue weighted by Gasteiger charge is -2.36. The van der Waals surface area contributed by atoms with Gasteiger partial charge in [0.15, 0.2) is 11.5 Å². The van der Waals surface area contributed by atoms with Gasteiger partial charge in [0.25, 0.3) is 11.8 Å². The van der Waals surface area contributed by atoms with Crippen molar-refractivity contribution < 1.29 is 18.8 Å². The first-order valence-corrected chi connectivity index (χ1v) is 10.8.